The molecule has 0 radical (unpaired) electrons. The minimum absolute atomic E-state index is 0.326. The molecular weight excluding hydrogens is 427 g/mol. The van der Waals surface area contributed by atoms with E-state index in [9.17, 15) is 13.2 Å². The van der Waals surface area contributed by atoms with Gasteiger partial charge in [0.25, 0.3) is 0 Å². The molecule has 5 nitrogen and oxygen atoms in total. The second-order valence-corrected chi connectivity index (χ2v) is 7.44. The molecule has 0 unspecified atom stereocenters. The van der Waals surface area contributed by atoms with Gasteiger partial charge < -0.3 is 9.15 Å². The summed E-state index contributed by atoms with van der Waals surface area (Å²) in [5.74, 6) is 0.590. The lowest BCUT2D eigenvalue weighted by atomic mass is 10.1. The Labute approximate surface area is 179 Å². The zero-order chi connectivity index (χ0) is 21.8. The molecule has 0 bridgehead atoms. The summed E-state index contributed by atoms with van der Waals surface area (Å²) in [6.07, 6.45) is -3.04. The lowest BCUT2D eigenvalue weighted by Crippen LogP contribution is -2.13. The van der Waals surface area contributed by atoms with E-state index in [0.29, 0.717) is 35.0 Å². The molecule has 0 saturated carbocycles. The number of nitrogens with zero attached hydrogens (tertiary/aromatic N) is 3. The fourth-order valence-corrected chi connectivity index (χ4v) is 3.79. The molecule has 2 heterocycles. The number of aromatic nitrogens is 1. The molecule has 0 fully saturated rings. The van der Waals surface area contributed by atoms with E-state index in [4.69, 9.17) is 9.15 Å². The smallest absolute Gasteiger partial charge is 0.416 e. The third kappa shape index (κ3) is 4.78. The first kappa shape index (κ1) is 21.1. The van der Waals surface area contributed by atoms with Crippen LogP contribution in [0, 0.1) is 0 Å². The molecule has 9 heteroatoms. The van der Waals surface area contributed by atoms with E-state index in [1.54, 1.807) is 17.9 Å². The van der Waals surface area contributed by atoms with Gasteiger partial charge in [0.1, 0.15) is 11.3 Å². The van der Waals surface area contributed by atoms with E-state index in [0.717, 1.165) is 23.1 Å². The van der Waals surface area contributed by atoms with Gasteiger partial charge >= 0.3 is 6.18 Å². The molecule has 0 atom stereocenters. The molecule has 0 spiro atoms. The average molecular weight is 445 g/mol. The van der Waals surface area contributed by atoms with Crippen LogP contribution in [0.5, 0.6) is 0 Å². The SMILES string of the molecule is COCCN=c1scc(-c2cc3ccccc3o2)n1N=Cc1cccc(C(F)(F)F)c1. The molecule has 2 aromatic heterocycles. The van der Waals surface area contributed by atoms with Crippen LogP contribution in [0.3, 0.4) is 0 Å². The van der Waals surface area contributed by atoms with Crippen molar-refractivity contribution >= 4 is 28.5 Å². The number of alkyl halides is 3. The molecule has 0 saturated heterocycles. The van der Waals surface area contributed by atoms with E-state index < -0.39 is 11.7 Å². The molecule has 160 valence electrons. The summed E-state index contributed by atoms with van der Waals surface area (Å²) >= 11 is 1.36. The van der Waals surface area contributed by atoms with E-state index in [2.05, 4.69) is 10.1 Å². The summed E-state index contributed by atoms with van der Waals surface area (Å²) in [5.41, 5.74) is 0.983. The van der Waals surface area contributed by atoms with Crippen LogP contribution in [-0.2, 0) is 10.9 Å². The Morgan fingerprint density at radius 2 is 1.97 bits per heavy atom. The monoisotopic (exact) mass is 445 g/mol. The van der Waals surface area contributed by atoms with Crippen LogP contribution >= 0.6 is 11.3 Å². The molecule has 0 N–H and O–H groups in total. The minimum atomic E-state index is -4.42. The van der Waals surface area contributed by atoms with Gasteiger partial charge in [0, 0.05) is 17.9 Å². The van der Waals surface area contributed by atoms with E-state index in [-0.39, 0.29) is 0 Å². The van der Waals surface area contributed by atoms with Gasteiger partial charge in [-0.25, -0.2) is 4.68 Å². The zero-order valence-corrected chi connectivity index (χ0v) is 17.3. The van der Waals surface area contributed by atoms with Gasteiger partial charge in [0.15, 0.2) is 5.76 Å². The molecule has 0 amide bonds. The number of rotatable bonds is 6. The lowest BCUT2D eigenvalue weighted by Gasteiger charge is -2.06. The Morgan fingerprint density at radius 1 is 1.13 bits per heavy atom. The number of thiazole rings is 1. The maximum Gasteiger partial charge on any atom is 0.416 e. The Hall–Kier alpha value is -3.17. The van der Waals surface area contributed by atoms with Gasteiger partial charge in [0.05, 0.1) is 24.9 Å². The lowest BCUT2D eigenvalue weighted by molar-refractivity contribution is -0.137. The Balaban J connectivity index is 1.77. The molecule has 0 aliphatic heterocycles. The number of para-hydroxylation sites is 1. The first-order chi connectivity index (χ1) is 15.0. The maximum atomic E-state index is 13.0. The van der Waals surface area contributed by atoms with Crippen LogP contribution in [-0.4, -0.2) is 31.2 Å². The van der Waals surface area contributed by atoms with Crippen molar-refractivity contribution < 1.29 is 22.3 Å². The molecular formula is C22H18F3N3O2S. The van der Waals surface area contributed by atoms with Gasteiger partial charge in [-0.15, -0.1) is 11.3 Å². The highest BCUT2D eigenvalue weighted by Gasteiger charge is 2.30. The van der Waals surface area contributed by atoms with Gasteiger partial charge in [-0.1, -0.05) is 30.3 Å². The Morgan fingerprint density at radius 3 is 2.74 bits per heavy atom. The van der Waals surface area contributed by atoms with Gasteiger partial charge in [-0.05, 0) is 29.8 Å². The van der Waals surface area contributed by atoms with E-state index in [1.165, 1.54) is 23.6 Å². The van der Waals surface area contributed by atoms with Crippen LogP contribution in [0.25, 0.3) is 22.4 Å². The van der Waals surface area contributed by atoms with Gasteiger partial charge in [0.2, 0.25) is 4.80 Å². The molecule has 0 aliphatic rings. The highest BCUT2D eigenvalue weighted by molar-refractivity contribution is 7.07. The quantitative estimate of drug-likeness (QED) is 0.294. The van der Waals surface area contributed by atoms with E-state index in [1.807, 2.05) is 35.7 Å². The summed E-state index contributed by atoms with van der Waals surface area (Å²) in [5, 5.41) is 7.22. The molecule has 4 rings (SSSR count). The number of furan rings is 1. The zero-order valence-electron chi connectivity index (χ0n) is 16.5. The number of methoxy groups -OCH3 is 1. The summed E-state index contributed by atoms with van der Waals surface area (Å²) in [6.45, 7) is 0.866. The fraction of sp³-hybridized carbons (Fsp3) is 0.182. The van der Waals surface area contributed by atoms with E-state index >= 15 is 0 Å². The average Bonchev–Trinajstić information content (AvgIpc) is 3.35. The number of ether oxygens (including phenoxy) is 1. The van der Waals surface area contributed by atoms with Crippen molar-refractivity contribution in [2.45, 2.75) is 6.18 Å². The van der Waals surface area contributed by atoms with Crippen LogP contribution in [0.1, 0.15) is 11.1 Å². The topological polar surface area (TPSA) is 52.0 Å². The minimum Gasteiger partial charge on any atom is -0.454 e. The largest absolute Gasteiger partial charge is 0.454 e. The summed E-state index contributed by atoms with van der Waals surface area (Å²) in [7, 11) is 1.59. The normalized spacial score (nSPS) is 13.0. The molecule has 31 heavy (non-hydrogen) atoms. The standard InChI is InChI=1S/C22H18F3N3O2S/c1-29-10-9-26-21-28(27-13-15-5-4-7-17(11-15)22(23,24)25)18(14-31-21)20-12-16-6-2-3-8-19(16)30-20/h2-8,11-14H,9-10H2,1H3. The molecule has 0 aliphatic carbocycles. The predicted octanol–water partition coefficient (Wildman–Crippen LogP) is 5.41. The first-order valence-electron chi connectivity index (χ1n) is 9.36. The van der Waals surface area contributed by atoms with Crippen molar-refractivity contribution in [2.24, 2.45) is 10.1 Å². The molecule has 4 aromatic rings. The highest BCUT2D eigenvalue weighted by Crippen LogP contribution is 2.30. The van der Waals surface area contributed by atoms with Crippen molar-refractivity contribution in [1.29, 1.82) is 0 Å². The third-order valence-electron chi connectivity index (χ3n) is 4.44. The predicted molar refractivity (Wildman–Crippen MR) is 114 cm³/mol. The number of benzene rings is 2. The first-order valence-corrected chi connectivity index (χ1v) is 10.2. The number of halogens is 3. The fourth-order valence-electron chi connectivity index (χ4n) is 2.95. The summed E-state index contributed by atoms with van der Waals surface area (Å²) in [6, 6.07) is 14.5. The van der Waals surface area contributed by atoms with Crippen LogP contribution in [0.15, 0.2) is 74.5 Å². The van der Waals surface area contributed by atoms with Crippen LogP contribution in [0.2, 0.25) is 0 Å². The third-order valence-corrected chi connectivity index (χ3v) is 5.30. The number of hydrogen-bond acceptors (Lipinski definition) is 5. The van der Waals surface area contributed by atoms with Crippen LogP contribution < -0.4 is 4.80 Å². The second kappa shape index (κ2) is 8.91. The summed E-state index contributed by atoms with van der Waals surface area (Å²) < 4.78 is 51.6. The van der Waals surface area contributed by atoms with Crippen LogP contribution in [0.4, 0.5) is 13.2 Å². The maximum absolute atomic E-state index is 13.0. The van der Waals surface area contributed by atoms with Crippen molar-refractivity contribution in [3.05, 3.63) is 75.9 Å². The second-order valence-electron chi connectivity index (χ2n) is 6.61. The van der Waals surface area contributed by atoms with Crippen molar-refractivity contribution in [2.75, 3.05) is 20.3 Å². The summed E-state index contributed by atoms with van der Waals surface area (Å²) in [4.78, 5) is 5.07. The highest BCUT2D eigenvalue weighted by atomic mass is 32.1. The van der Waals surface area contributed by atoms with Crippen molar-refractivity contribution in [3.63, 3.8) is 0 Å². The van der Waals surface area contributed by atoms with Gasteiger partial charge in [-0.2, -0.15) is 18.3 Å². The number of hydrogen-bond donors (Lipinski definition) is 0. The number of fused-ring (bicyclic) bond motifs is 1. The molecule has 2 aromatic carbocycles. The Kier molecular flexibility index (Phi) is 6.06. The van der Waals surface area contributed by atoms with Gasteiger partial charge in [-0.3, -0.25) is 4.99 Å². The van der Waals surface area contributed by atoms with Crippen molar-refractivity contribution in [1.82, 2.24) is 4.68 Å². The van der Waals surface area contributed by atoms with Crippen molar-refractivity contribution in [3.8, 4) is 11.5 Å². The Bertz CT molecular complexity index is 1250.